The summed E-state index contributed by atoms with van der Waals surface area (Å²) in [6.07, 6.45) is 4.87. The number of amides is 1. The maximum Gasteiger partial charge on any atom is 0.253 e. The monoisotopic (exact) mass is 317 g/mol. The van der Waals surface area contributed by atoms with Crippen LogP contribution in [0, 0.1) is 0 Å². The highest BCUT2D eigenvalue weighted by atomic mass is 35.5. The number of ether oxygens (including phenoxy) is 1. The van der Waals surface area contributed by atoms with Gasteiger partial charge in [-0.2, -0.15) is 0 Å². The molecule has 6 heteroatoms. The molecule has 2 aromatic rings. The van der Waals surface area contributed by atoms with E-state index in [0.717, 1.165) is 19.4 Å². The normalized spacial score (nSPS) is 18.0. The fourth-order valence-corrected chi connectivity index (χ4v) is 2.64. The number of hydrogen-bond donors (Lipinski definition) is 0. The Hall–Kier alpha value is -2.14. The van der Waals surface area contributed by atoms with Crippen molar-refractivity contribution in [1.82, 2.24) is 14.9 Å². The number of nitrogens with zero attached hydrogens (tertiary/aromatic N) is 3. The van der Waals surface area contributed by atoms with Crippen LogP contribution in [-0.4, -0.2) is 40.0 Å². The van der Waals surface area contributed by atoms with E-state index in [2.05, 4.69) is 9.97 Å². The first-order valence-corrected chi connectivity index (χ1v) is 7.58. The smallest absolute Gasteiger partial charge is 0.253 e. The van der Waals surface area contributed by atoms with Gasteiger partial charge in [-0.3, -0.25) is 4.79 Å². The van der Waals surface area contributed by atoms with Gasteiger partial charge in [0.25, 0.3) is 5.91 Å². The van der Waals surface area contributed by atoms with Gasteiger partial charge in [-0.25, -0.2) is 9.97 Å². The molecular formula is C16H16ClN3O2. The Labute approximate surface area is 133 Å². The van der Waals surface area contributed by atoms with E-state index < -0.39 is 0 Å². The summed E-state index contributed by atoms with van der Waals surface area (Å²) in [6, 6.07) is 8.68. The van der Waals surface area contributed by atoms with Gasteiger partial charge in [0.2, 0.25) is 5.88 Å². The first-order chi connectivity index (χ1) is 10.7. The summed E-state index contributed by atoms with van der Waals surface area (Å²) in [5.74, 6) is 0.549. The van der Waals surface area contributed by atoms with Crippen molar-refractivity contribution in [3.8, 4) is 5.88 Å². The van der Waals surface area contributed by atoms with Crippen molar-refractivity contribution >= 4 is 17.5 Å². The van der Waals surface area contributed by atoms with Crippen molar-refractivity contribution in [1.29, 1.82) is 0 Å². The van der Waals surface area contributed by atoms with Crippen LogP contribution >= 0.6 is 11.6 Å². The van der Waals surface area contributed by atoms with Crippen LogP contribution in [0.15, 0.2) is 42.9 Å². The lowest BCUT2D eigenvalue weighted by molar-refractivity contribution is 0.0527. The Kier molecular flexibility index (Phi) is 4.53. The number of carbonyl (C=O) groups is 1. The highest BCUT2D eigenvalue weighted by Gasteiger charge is 2.25. The maximum atomic E-state index is 12.5. The summed E-state index contributed by atoms with van der Waals surface area (Å²) in [4.78, 5) is 22.2. The van der Waals surface area contributed by atoms with Crippen LogP contribution in [0.25, 0.3) is 0 Å². The van der Waals surface area contributed by atoms with Crippen LogP contribution in [0.1, 0.15) is 23.2 Å². The SMILES string of the molecule is O=C(c1ccc(Cl)cc1)N1CCCC(Oc2ccncn2)C1. The molecule has 22 heavy (non-hydrogen) atoms. The Morgan fingerprint density at radius 1 is 1.27 bits per heavy atom. The molecule has 3 rings (SSSR count). The lowest BCUT2D eigenvalue weighted by Gasteiger charge is -2.32. The first kappa shape index (κ1) is 14.8. The second-order valence-corrected chi connectivity index (χ2v) is 5.62. The molecule has 1 amide bonds. The molecule has 1 atom stereocenters. The van der Waals surface area contributed by atoms with Gasteiger partial charge >= 0.3 is 0 Å². The second-order valence-electron chi connectivity index (χ2n) is 5.19. The van der Waals surface area contributed by atoms with Gasteiger partial charge in [-0.1, -0.05) is 11.6 Å². The van der Waals surface area contributed by atoms with Crippen LogP contribution in [0.2, 0.25) is 5.02 Å². The predicted octanol–water partition coefficient (Wildman–Crippen LogP) is 2.81. The molecule has 0 saturated carbocycles. The third kappa shape index (κ3) is 3.54. The van der Waals surface area contributed by atoms with Crippen molar-refractivity contribution in [3.05, 3.63) is 53.4 Å². The van der Waals surface area contributed by atoms with Gasteiger partial charge in [0.1, 0.15) is 12.4 Å². The van der Waals surface area contributed by atoms with Gasteiger partial charge in [0, 0.05) is 29.4 Å². The van der Waals surface area contributed by atoms with Gasteiger partial charge in [-0.05, 0) is 37.1 Å². The topological polar surface area (TPSA) is 55.3 Å². The van der Waals surface area contributed by atoms with Crippen LogP contribution in [-0.2, 0) is 0 Å². The highest BCUT2D eigenvalue weighted by molar-refractivity contribution is 6.30. The number of carbonyl (C=O) groups excluding carboxylic acids is 1. The maximum absolute atomic E-state index is 12.5. The quantitative estimate of drug-likeness (QED) is 0.873. The van der Waals surface area contributed by atoms with Crippen molar-refractivity contribution in [3.63, 3.8) is 0 Å². The predicted molar refractivity (Wildman–Crippen MR) is 83.0 cm³/mol. The average molecular weight is 318 g/mol. The van der Waals surface area contributed by atoms with E-state index in [1.807, 2.05) is 4.90 Å². The van der Waals surface area contributed by atoms with Gasteiger partial charge in [-0.15, -0.1) is 0 Å². The fourth-order valence-electron chi connectivity index (χ4n) is 2.51. The zero-order chi connectivity index (χ0) is 15.4. The molecule has 1 aromatic heterocycles. The minimum absolute atomic E-state index is 0.00709. The van der Waals surface area contributed by atoms with Crippen LogP contribution in [0.5, 0.6) is 5.88 Å². The van der Waals surface area contributed by atoms with Crippen LogP contribution in [0.4, 0.5) is 0 Å². The number of piperidine rings is 1. The van der Waals surface area contributed by atoms with Crippen LogP contribution < -0.4 is 4.74 Å². The minimum Gasteiger partial charge on any atom is -0.472 e. The molecule has 1 saturated heterocycles. The molecule has 0 radical (unpaired) electrons. The molecule has 1 aliphatic rings. The van der Waals surface area contributed by atoms with Crippen molar-refractivity contribution in [2.75, 3.05) is 13.1 Å². The number of likely N-dealkylation sites (tertiary alicyclic amines) is 1. The zero-order valence-corrected chi connectivity index (χ0v) is 12.7. The molecule has 0 bridgehead atoms. The molecule has 1 unspecified atom stereocenters. The number of rotatable bonds is 3. The van der Waals surface area contributed by atoms with Gasteiger partial charge < -0.3 is 9.64 Å². The second kappa shape index (κ2) is 6.75. The molecule has 0 N–H and O–H groups in total. The van der Waals surface area contributed by atoms with E-state index in [-0.39, 0.29) is 12.0 Å². The first-order valence-electron chi connectivity index (χ1n) is 7.20. The fraction of sp³-hybridized carbons (Fsp3) is 0.312. The molecule has 1 fully saturated rings. The number of halogens is 1. The molecule has 1 aromatic carbocycles. The lowest BCUT2D eigenvalue weighted by Crippen LogP contribution is -2.44. The van der Waals surface area contributed by atoms with Gasteiger partial charge in [0.15, 0.2) is 0 Å². The third-order valence-corrected chi connectivity index (χ3v) is 3.85. The molecule has 5 nitrogen and oxygen atoms in total. The largest absolute Gasteiger partial charge is 0.472 e. The molecule has 114 valence electrons. The average Bonchev–Trinajstić information content (AvgIpc) is 2.56. The zero-order valence-electron chi connectivity index (χ0n) is 12.0. The molecule has 2 heterocycles. The van der Waals surface area contributed by atoms with E-state index in [0.29, 0.717) is 23.0 Å². The standard InChI is InChI=1S/C16H16ClN3O2/c17-13-5-3-12(4-6-13)16(21)20-9-1-2-14(10-20)22-15-7-8-18-11-19-15/h3-8,11,14H,1-2,9-10H2. The van der Waals surface area contributed by atoms with Crippen molar-refractivity contribution in [2.24, 2.45) is 0 Å². The van der Waals surface area contributed by atoms with E-state index in [1.165, 1.54) is 6.33 Å². The molecule has 0 spiro atoms. The summed E-state index contributed by atoms with van der Waals surface area (Å²) >= 11 is 5.86. The van der Waals surface area contributed by atoms with Gasteiger partial charge in [0.05, 0.1) is 6.54 Å². The summed E-state index contributed by atoms with van der Waals surface area (Å²) < 4.78 is 5.82. The Bertz CT molecular complexity index is 634. The van der Waals surface area contributed by atoms with E-state index in [1.54, 1.807) is 36.5 Å². The number of benzene rings is 1. The van der Waals surface area contributed by atoms with Crippen molar-refractivity contribution < 1.29 is 9.53 Å². The van der Waals surface area contributed by atoms with E-state index >= 15 is 0 Å². The Balaban J connectivity index is 1.65. The summed E-state index contributed by atoms with van der Waals surface area (Å²) in [5.41, 5.74) is 0.645. The number of aromatic nitrogens is 2. The van der Waals surface area contributed by atoms with E-state index in [9.17, 15) is 4.79 Å². The Morgan fingerprint density at radius 3 is 2.82 bits per heavy atom. The minimum atomic E-state index is -0.0418. The van der Waals surface area contributed by atoms with Crippen molar-refractivity contribution in [2.45, 2.75) is 18.9 Å². The van der Waals surface area contributed by atoms with Crippen LogP contribution in [0.3, 0.4) is 0 Å². The Morgan fingerprint density at radius 2 is 2.09 bits per heavy atom. The summed E-state index contributed by atoms with van der Waals surface area (Å²) in [7, 11) is 0. The third-order valence-electron chi connectivity index (χ3n) is 3.60. The molecular weight excluding hydrogens is 302 g/mol. The lowest BCUT2D eigenvalue weighted by atomic mass is 10.1. The molecule has 1 aliphatic heterocycles. The molecule has 0 aliphatic carbocycles. The number of hydrogen-bond acceptors (Lipinski definition) is 4. The highest BCUT2D eigenvalue weighted by Crippen LogP contribution is 2.19. The summed E-state index contributed by atoms with van der Waals surface area (Å²) in [6.45, 7) is 1.30. The summed E-state index contributed by atoms with van der Waals surface area (Å²) in [5, 5.41) is 0.625. The van der Waals surface area contributed by atoms with E-state index in [4.69, 9.17) is 16.3 Å².